The third-order valence-electron chi connectivity index (χ3n) is 3.19. The predicted octanol–water partition coefficient (Wildman–Crippen LogP) is 4.52. The largest absolute Gasteiger partial charge is 0.345 e. The molecule has 100 valence electrons. The average molecular weight is 350 g/mol. The van der Waals surface area contributed by atoms with E-state index < -0.39 is 0 Å². The maximum atomic E-state index is 12.6. The lowest BCUT2D eigenvalue weighted by Crippen LogP contribution is -2.01. The monoisotopic (exact) mass is 348 g/mol. The van der Waals surface area contributed by atoms with Gasteiger partial charge in [-0.1, -0.05) is 27.5 Å². The number of aromatic nitrogens is 2. The topological polar surface area (TPSA) is 45.8 Å². The standard InChI is InChI=1S/C15H10BrClN2O/c1-8-6-9(2-3-11(8)16)14(20)10-7-19-15-13(10)12(17)4-5-18-15/h2-7H,1H3,(H,18,19). The predicted molar refractivity (Wildman–Crippen MR) is 83.4 cm³/mol. The Balaban J connectivity index is 2.15. The Bertz CT molecular complexity index is 826. The molecule has 1 aromatic carbocycles. The van der Waals surface area contributed by atoms with E-state index in [-0.39, 0.29) is 5.78 Å². The van der Waals surface area contributed by atoms with Crippen molar-refractivity contribution in [1.29, 1.82) is 0 Å². The molecular weight excluding hydrogens is 340 g/mol. The molecule has 0 atom stereocenters. The number of carbonyl (C=O) groups is 1. The van der Waals surface area contributed by atoms with Gasteiger partial charge in [-0.2, -0.15) is 0 Å². The minimum absolute atomic E-state index is 0.0678. The number of hydrogen-bond donors (Lipinski definition) is 1. The van der Waals surface area contributed by atoms with Crippen LogP contribution in [-0.4, -0.2) is 15.8 Å². The molecule has 3 nitrogen and oxygen atoms in total. The Hall–Kier alpha value is -1.65. The van der Waals surface area contributed by atoms with Crippen molar-refractivity contribution in [2.24, 2.45) is 0 Å². The molecule has 0 spiro atoms. The fourth-order valence-electron chi connectivity index (χ4n) is 2.14. The maximum absolute atomic E-state index is 12.6. The molecular formula is C15H10BrClN2O. The van der Waals surface area contributed by atoms with Crippen LogP contribution in [0.4, 0.5) is 0 Å². The number of H-pyrrole nitrogens is 1. The van der Waals surface area contributed by atoms with Gasteiger partial charge in [0.05, 0.1) is 10.6 Å². The van der Waals surface area contributed by atoms with Gasteiger partial charge in [-0.3, -0.25) is 4.79 Å². The molecule has 0 aliphatic rings. The molecule has 3 rings (SSSR count). The van der Waals surface area contributed by atoms with Gasteiger partial charge in [0.2, 0.25) is 0 Å². The number of nitrogens with zero attached hydrogens (tertiary/aromatic N) is 1. The van der Waals surface area contributed by atoms with E-state index in [2.05, 4.69) is 25.9 Å². The highest BCUT2D eigenvalue weighted by molar-refractivity contribution is 9.10. The Morgan fingerprint density at radius 2 is 2.15 bits per heavy atom. The second-order valence-corrected chi connectivity index (χ2v) is 5.77. The number of benzene rings is 1. The van der Waals surface area contributed by atoms with Crippen LogP contribution in [-0.2, 0) is 0 Å². The number of carbonyl (C=O) groups excluding carboxylic acids is 1. The van der Waals surface area contributed by atoms with Gasteiger partial charge in [-0.15, -0.1) is 0 Å². The zero-order valence-corrected chi connectivity index (χ0v) is 12.9. The summed E-state index contributed by atoms with van der Waals surface area (Å²) in [5.41, 5.74) is 2.81. The highest BCUT2D eigenvalue weighted by atomic mass is 79.9. The smallest absolute Gasteiger partial charge is 0.195 e. The maximum Gasteiger partial charge on any atom is 0.195 e. The van der Waals surface area contributed by atoms with Gasteiger partial charge in [-0.05, 0) is 36.8 Å². The third kappa shape index (κ3) is 2.15. The highest BCUT2D eigenvalue weighted by Crippen LogP contribution is 2.27. The summed E-state index contributed by atoms with van der Waals surface area (Å²) in [7, 11) is 0. The molecule has 0 aliphatic heterocycles. The Morgan fingerprint density at radius 3 is 2.90 bits per heavy atom. The second kappa shape index (κ2) is 5.04. The van der Waals surface area contributed by atoms with Crippen LogP contribution in [0.15, 0.2) is 41.1 Å². The fraction of sp³-hybridized carbons (Fsp3) is 0.0667. The second-order valence-electron chi connectivity index (χ2n) is 4.51. The van der Waals surface area contributed by atoms with Gasteiger partial charge in [0.15, 0.2) is 5.78 Å². The van der Waals surface area contributed by atoms with Crippen molar-refractivity contribution in [2.45, 2.75) is 6.92 Å². The van der Waals surface area contributed by atoms with E-state index in [4.69, 9.17) is 11.6 Å². The fourth-order valence-corrected chi connectivity index (χ4v) is 2.63. The van der Waals surface area contributed by atoms with Crippen LogP contribution in [0.2, 0.25) is 5.02 Å². The first-order valence-corrected chi connectivity index (χ1v) is 7.17. The summed E-state index contributed by atoms with van der Waals surface area (Å²) in [6, 6.07) is 7.21. The van der Waals surface area contributed by atoms with Crippen LogP contribution in [0.1, 0.15) is 21.5 Å². The summed E-state index contributed by atoms with van der Waals surface area (Å²) in [6.45, 7) is 1.95. The number of nitrogens with one attached hydrogen (secondary N) is 1. The Kier molecular flexibility index (Phi) is 3.36. The molecule has 0 unspecified atom stereocenters. The first-order chi connectivity index (χ1) is 9.58. The summed E-state index contributed by atoms with van der Waals surface area (Å²) in [4.78, 5) is 19.8. The van der Waals surface area contributed by atoms with Gasteiger partial charge in [0.25, 0.3) is 0 Å². The molecule has 0 saturated carbocycles. The lowest BCUT2D eigenvalue weighted by Gasteiger charge is -2.03. The first kappa shape index (κ1) is 13.3. The Labute approximate surface area is 129 Å². The van der Waals surface area contributed by atoms with Gasteiger partial charge in [0, 0.05) is 27.8 Å². The number of hydrogen-bond acceptors (Lipinski definition) is 2. The van der Waals surface area contributed by atoms with Crippen molar-refractivity contribution in [1.82, 2.24) is 9.97 Å². The molecule has 0 fully saturated rings. The van der Waals surface area contributed by atoms with Gasteiger partial charge in [-0.25, -0.2) is 4.98 Å². The summed E-state index contributed by atoms with van der Waals surface area (Å²) in [5, 5.41) is 1.19. The Morgan fingerprint density at radius 1 is 1.35 bits per heavy atom. The zero-order valence-electron chi connectivity index (χ0n) is 10.6. The SMILES string of the molecule is Cc1cc(C(=O)c2c[nH]c3nccc(Cl)c23)ccc1Br. The number of pyridine rings is 1. The molecule has 0 saturated heterocycles. The van der Waals surface area contributed by atoms with E-state index in [0.29, 0.717) is 27.2 Å². The average Bonchev–Trinajstić information content (AvgIpc) is 2.86. The molecule has 20 heavy (non-hydrogen) atoms. The number of aryl methyl sites for hydroxylation is 1. The lowest BCUT2D eigenvalue weighted by molar-refractivity contribution is 0.104. The number of rotatable bonds is 2. The molecule has 1 N–H and O–H groups in total. The normalized spacial score (nSPS) is 10.9. The van der Waals surface area contributed by atoms with E-state index in [0.717, 1.165) is 10.0 Å². The summed E-state index contributed by atoms with van der Waals surface area (Å²) in [6.07, 6.45) is 3.27. The highest BCUT2D eigenvalue weighted by Gasteiger charge is 2.17. The number of halogens is 2. The number of aromatic amines is 1. The van der Waals surface area contributed by atoms with Gasteiger partial charge in [0.1, 0.15) is 5.65 Å². The van der Waals surface area contributed by atoms with Crippen molar-refractivity contribution in [2.75, 3.05) is 0 Å². The van der Waals surface area contributed by atoms with E-state index in [1.807, 2.05) is 19.1 Å². The van der Waals surface area contributed by atoms with Crippen LogP contribution in [0.5, 0.6) is 0 Å². The zero-order chi connectivity index (χ0) is 14.3. The molecule has 0 aliphatic carbocycles. The number of ketones is 1. The van der Waals surface area contributed by atoms with Crippen molar-refractivity contribution in [3.8, 4) is 0 Å². The molecule has 0 bridgehead atoms. The van der Waals surface area contributed by atoms with E-state index in [1.165, 1.54) is 0 Å². The van der Waals surface area contributed by atoms with Crippen LogP contribution >= 0.6 is 27.5 Å². The van der Waals surface area contributed by atoms with Crippen LogP contribution < -0.4 is 0 Å². The molecule has 3 aromatic rings. The third-order valence-corrected chi connectivity index (χ3v) is 4.39. The summed E-state index contributed by atoms with van der Waals surface area (Å²) >= 11 is 9.60. The lowest BCUT2D eigenvalue weighted by atomic mass is 10.0. The minimum atomic E-state index is -0.0678. The van der Waals surface area contributed by atoms with Crippen molar-refractivity contribution >= 4 is 44.3 Å². The van der Waals surface area contributed by atoms with E-state index >= 15 is 0 Å². The van der Waals surface area contributed by atoms with Crippen LogP contribution in [0, 0.1) is 6.92 Å². The van der Waals surface area contributed by atoms with Crippen LogP contribution in [0.3, 0.4) is 0 Å². The summed E-state index contributed by atoms with van der Waals surface area (Å²) < 4.78 is 0.979. The molecule has 2 aromatic heterocycles. The first-order valence-electron chi connectivity index (χ1n) is 6.00. The summed E-state index contributed by atoms with van der Waals surface area (Å²) in [5.74, 6) is -0.0678. The van der Waals surface area contributed by atoms with Crippen LogP contribution in [0.25, 0.3) is 11.0 Å². The van der Waals surface area contributed by atoms with Crippen molar-refractivity contribution in [3.63, 3.8) is 0 Å². The molecule has 2 heterocycles. The van der Waals surface area contributed by atoms with E-state index in [9.17, 15) is 4.79 Å². The van der Waals surface area contributed by atoms with Gasteiger partial charge < -0.3 is 4.98 Å². The minimum Gasteiger partial charge on any atom is -0.345 e. The van der Waals surface area contributed by atoms with E-state index in [1.54, 1.807) is 24.5 Å². The molecule has 0 radical (unpaired) electrons. The van der Waals surface area contributed by atoms with Gasteiger partial charge >= 0.3 is 0 Å². The number of fused-ring (bicyclic) bond motifs is 1. The van der Waals surface area contributed by atoms with Crippen molar-refractivity contribution < 1.29 is 4.79 Å². The quantitative estimate of drug-likeness (QED) is 0.691. The molecule has 5 heteroatoms. The molecule has 0 amide bonds. The van der Waals surface area contributed by atoms with Crippen molar-refractivity contribution in [3.05, 3.63) is 62.8 Å².